The van der Waals surface area contributed by atoms with Crippen LogP contribution >= 0.6 is 11.3 Å². The third-order valence-corrected chi connectivity index (χ3v) is 5.77. The highest BCUT2D eigenvalue weighted by Gasteiger charge is 2.17. The number of hydrogen-bond acceptors (Lipinski definition) is 8. The lowest BCUT2D eigenvalue weighted by Crippen LogP contribution is -2.24. The highest BCUT2D eigenvalue weighted by atomic mass is 32.1. The van der Waals surface area contributed by atoms with E-state index >= 15 is 0 Å². The molecule has 3 rings (SSSR count). The van der Waals surface area contributed by atoms with Gasteiger partial charge in [0.05, 0.1) is 24.2 Å². The molecule has 2 aromatic carbocycles. The molecule has 32 heavy (non-hydrogen) atoms. The van der Waals surface area contributed by atoms with E-state index in [9.17, 15) is 19.5 Å². The molecule has 8 heteroatoms. The fraction of sp³-hybridized carbons (Fsp3) is 0.292. The van der Waals surface area contributed by atoms with E-state index in [0.29, 0.717) is 34.9 Å². The Morgan fingerprint density at radius 3 is 2.56 bits per heavy atom. The highest BCUT2D eigenvalue weighted by molar-refractivity contribution is 7.24. The average Bonchev–Trinajstić information content (AvgIpc) is 2.81. The van der Waals surface area contributed by atoms with E-state index in [1.54, 1.807) is 30.3 Å². The zero-order valence-corrected chi connectivity index (χ0v) is 18.3. The molecule has 0 aliphatic heterocycles. The van der Waals surface area contributed by atoms with E-state index in [0.717, 1.165) is 10.8 Å². The minimum absolute atomic E-state index is 0.00518. The van der Waals surface area contributed by atoms with Gasteiger partial charge in [-0.25, -0.2) is 9.59 Å². The first-order valence-corrected chi connectivity index (χ1v) is 11.0. The summed E-state index contributed by atoms with van der Waals surface area (Å²) in [5.74, 6) is -1.13. The maximum Gasteiger partial charge on any atom is 0.339 e. The molecule has 3 aromatic rings. The van der Waals surface area contributed by atoms with Crippen LogP contribution in [0.1, 0.15) is 23.2 Å². The first-order valence-electron chi connectivity index (χ1n) is 10.2. The molecule has 0 aliphatic rings. The molecule has 1 aromatic heterocycles. The van der Waals surface area contributed by atoms with E-state index in [1.807, 2.05) is 12.1 Å². The summed E-state index contributed by atoms with van der Waals surface area (Å²) in [6.07, 6.45) is 1.38. The number of unbranched alkanes of at least 4 members (excludes halogenated alkanes) is 1. The van der Waals surface area contributed by atoms with Gasteiger partial charge in [0.2, 0.25) is 0 Å². The van der Waals surface area contributed by atoms with Crippen molar-refractivity contribution in [3.63, 3.8) is 0 Å². The largest absolute Gasteiger partial charge is 0.463 e. The lowest BCUT2D eigenvalue weighted by molar-refractivity contribution is -0.137. The number of fused-ring (bicyclic) bond motifs is 2. The third-order valence-electron chi connectivity index (χ3n) is 4.64. The number of hydrogen-bond donors (Lipinski definition) is 1. The first kappa shape index (κ1) is 23.6. The Hall–Kier alpha value is -3.07. The molecule has 0 spiro atoms. The minimum atomic E-state index is -0.997. The number of aliphatic hydroxyl groups excluding tert-OH is 1. The predicted octanol–water partition coefficient (Wildman–Crippen LogP) is 3.46. The normalized spacial score (nSPS) is 11.9. The molecule has 1 heterocycles. The van der Waals surface area contributed by atoms with Gasteiger partial charge in [0.1, 0.15) is 12.7 Å². The van der Waals surface area contributed by atoms with Gasteiger partial charge in [0.15, 0.2) is 5.43 Å². The topological polar surface area (TPSA) is 99.1 Å². The number of aliphatic hydroxyl groups is 1. The van der Waals surface area contributed by atoms with E-state index in [1.165, 1.54) is 11.3 Å². The summed E-state index contributed by atoms with van der Waals surface area (Å²) in [7, 11) is 0. The van der Waals surface area contributed by atoms with Crippen LogP contribution in [0.2, 0.25) is 0 Å². The Kier molecular flexibility index (Phi) is 8.49. The Labute approximate surface area is 188 Å². The van der Waals surface area contributed by atoms with Gasteiger partial charge in [-0.1, -0.05) is 24.8 Å². The Bertz CT molecular complexity index is 1170. The van der Waals surface area contributed by atoms with Gasteiger partial charge in [0, 0.05) is 27.5 Å². The van der Waals surface area contributed by atoms with Crippen molar-refractivity contribution in [2.75, 3.05) is 26.4 Å². The van der Waals surface area contributed by atoms with Crippen LogP contribution in [0.15, 0.2) is 59.9 Å². The van der Waals surface area contributed by atoms with Crippen LogP contribution in [0, 0.1) is 0 Å². The van der Waals surface area contributed by atoms with E-state index in [-0.39, 0.29) is 30.8 Å². The molecule has 0 bridgehead atoms. The number of ether oxygens (including phenoxy) is 3. The molecule has 0 aliphatic carbocycles. The third kappa shape index (κ3) is 6.00. The molecular formula is C24H24O7S. The van der Waals surface area contributed by atoms with Gasteiger partial charge in [-0.2, -0.15) is 0 Å². The summed E-state index contributed by atoms with van der Waals surface area (Å²) >= 11 is 1.43. The lowest BCUT2D eigenvalue weighted by atomic mass is 10.1. The van der Waals surface area contributed by atoms with Gasteiger partial charge in [0.25, 0.3) is 0 Å². The van der Waals surface area contributed by atoms with Crippen molar-refractivity contribution in [1.82, 2.24) is 0 Å². The monoisotopic (exact) mass is 456 g/mol. The molecule has 0 radical (unpaired) electrons. The summed E-state index contributed by atoms with van der Waals surface area (Å²) in [6.45, 7) is 3.70. The average molecular weight is 457 g/mol. The van der Waals surface area contributed by atoms with Crippen molar-refractivity contribution in [2.45, 2.75) is 18.9 Å². The van der Waals surface area contributed by atoms with E-state index in [4.69, 9.17) is 14.2 Å². The van der Waals surface area contributed by atoms with Gasteiger partial charge >= 0.3 is 11.9 Å². The summed E-state index contributed by atoms with van der Waals surface area (Å²) in [4.78, 5) is 36.5. The smallest absolute Gasteiger partial charge is 0.339 e. The number of benzene rings is 2. The fourth-order valence-corrected chi connectivity index (χ4v) is 4.18. The second-order valence-corrected chi connectivity index (χ2v) is 8.10. The zero-order valence-electron chi connectivity index (χ0n) is 17.5. The number of carbonyl (C=O) groups excluding carboxylic acids is 2. The summed E-state index contributed by atoms with van der Waals surface area (Å²) in [5.41, 5.74) is -0.0405. The van der Waals surface area contributed by atoms with Crippen LogP contribution in [-0.2, 0) is 19.0 Å². The van der Waals surface area contributed by atoms with Crippen molar-refractivity contribution in [3.05, 3.63) is 70.9 Å². The van der Waals surface area contributed by atoms with Crippen LogP contribution in [0.5, 0.6) is 0 Å². The standard InChI is InChI=1S/C24H24O7S/c1-2-21(26)30-13-6-5-12-29-14-16(25)15-31-24(28)18-9-7-11-20-22(18)23(27)17-8-3-4-10-19(17)32-20/h2-4,7-11,16,25H,1,5-6,12-15H2. The van der Waals surface area contributed by atoms with Gasteiger partial charge in [-0.05, 0) is 37.1 Å². The molecule has 0 saturated carbocycles. The maximum atomic E-state index is 13.0. The molecule has 1 unspecified atom stereocenters. The maximum absolute atomic E-state index is 13.0. The van der Waals surface area contributed by atoms with Crippen LogP contribution in [0.3, 0.4) is 0 Å². The summed E-state index contributed by atoms with van der Waals surface area (Å²) in [6, 6.07) is 12.3. The van der Waals surface area contributed by atoms with Crippen molar-refractivity contribution < 1.29 is 28.9 Å². The summed E-state index contributed by atoms with van der Waals surface area (Å²) < 4.78 is 17.0. The fourth-order valence-electron chi connectivity index (χ4n) is 3.07. The molecule has 1 N–H and O–H groups in total. The number of carbonyl (C=O) groups is 2. The van der Waals surface area contributed by atoms with Crippen LogP contribution in [0.4, 0.5) is 0 Å². The number of rotatable bonds is 11. The first-order chi connectivity index (χ1) is 15.5. The Morgan fingerprint density at radius 1 is 1.00 bits per heavy atom. The molecule has 168 valence electrons. The second-order valence-electron chi connectivity index (χ2n) is 7.01. The van der Waals surface area contributed by atoms with Crippen LogP contribution in [0.25, 0.3) is 20.2 Å². The van der Waals surface area contributed by atoms with Gasteiger partial charge in [-0.3, -0.25) is 4.79 Å². The lowest BCUT2D eigenvalue weighted by Gasteiger charge is -2.13. The second kappa shape index (κ2) is 11.5. The Morgan fingerprint density at radius 2 is 1.75 bits per heavy atom. The molecular weight excluding hydrogens is 432 g/mol. The van der Waals surface area contributed by atoms with Crippen LogP contribution in [-0.4, -0.2) is 49.6 Å². The van der Waals surface area contributed by atoms with E-state index in [2.05, 4.69) is 6.58 Å². The van der Waals surface area contributed by atoms with E-state index < -0.39 is 18.0 Å². The van der Waals surface area contributed by atoms with Crippen molar-refractivity contribution in [1.29, 1.82) is 0 Å². The minimum Gasteiger partial charge on any atom is -0.463 e. The van der Waals surface area contributed by atoms with Crippen molar-refractivity contribution >= 4 is 43.4 Å². The Balaban J connectivity index is 1.52. The van der Waals surface area contributed by atoms with Gasteiger partial charge in [-0.15, -0.1) is 11.3 Å². The quantitative estimate of drug-likeness (QED) is 0.204. The molecule has 0 saturated heterocycles. The summed E-state index contributed by atoms with van der Waals surface area (Å²) in [5, 5.41) is 10.9. The zero-order chi connectivity index (χ0) is 22.9. The number of esters is 2. The van der Waals surface area contributed by atoms with Crippen molar-refractivity contribution in [3.8, 4) is 0 Å². The van der Waals surface area contributed by atoms with Crippen LogP contribution < -0.4 is 5.43 Å². The highest BCUT2D eigenvalue weighted by Crippen LogP contribution is 2.26. The predicted molar refractivity (Wildman–Crippen MR) is 123 cm³/mol. The molecule has 0 amide bonds. The van der Waals surface area contributed by atoms with Crippen molar-refractivity contribution in [2.24, 2.45) is 0 Å². The molecule has 1 atom stereocenters. The molecule has 7 nitrogen and oxygen atoms in total. The van der Waals surface area contributed by atoms with Gasteiger partial charge < -0.3 is 19.3 Å². The molecule has 0 fully saturated rings. The SMILES string of the molecule is C=CC(=O)OCCCCOCC(O)COC(=O)c1cccc2sc3ccccc3c(=O)c12.